The van der Waals surface area contributed by atoms with Crippen LogP contribution in [0.1, 0.15) is 11.1 Å². The van der Waals surface area contributed by atoms with Crippen LogP contribution in [0.3, 0.4) is 0 Å². The summed E-state index contributed by atoms with van der Waals surface area (Å²) in [6, 6.07) is 16.0. The highest BCUT2D eigenvalue weighted by atomic mass is 127. The monoisotopic (exact) mass is 826 g/mol. The molecule has 4 aromatic carbocycles. The van der Waals surface area contributed by atoms with Crippen molar-refractivity contribution < 1.29 is 29.9 Å². The number of non-ortho nitro benzene ring substituents is 4. The number of halogens is 2. The summed E-state index contributed by atoms with van der Waals surface area (Å²) in [5, 5.41) is 62.8. The van der Waals surface area contributed by atoms with E-state index >= 15 is 0 Å². The van der Waals surface area contributed by atoms with Crippen molar-refractivity contribution >= 4 is 91.7 Å². The topological polar surface area (TPSA) is 238 Å². The van der Waals surface area contributed by atoms with Crippen LogP contribution in [0, 0.1) is 47.6 Å². The molecular weight excluding hydrogens is 810 g/mol. The van der Waals surface area contributed by atoms with E-state index in [1.807, 2.05) is 0 Å². The van der Waals surface area contributed by atoms with Crippen LogP contribution in [-0.2, 0) is 0 Å². The van der Waals surface area contributed by atoms with Gasteiger partial charge in [-0.2, -0.15) is 0 Å². The predicted octanol–water partition coefficient (Wildman–Crippen LogP) is 7.13. The van der Waals surface area contributed by atoms with E-state index in [1.54, 1.807) is 57.3 Å². The van der Waals surface area contributed by atoms with Crippen LogP contribution in [0.4, 0.5) is 34.1 Å². The van der Waals surface area contributed by atoms with Gasteiger partial charge in [0.05, 0.1) is 38.2 Å². The molecule has 18 heteroatoms. The minimum atomic E-state index is -0.577. The lowest BCUT2D eigenvalue weighted by Crippen LogP contribution is -1.93. The zero-order valence-corrected chi connectivity index (χ0v) is 26.0. The highest BCUT2D eigenvalue weighted by Crippen LogP contribution is 2.30. The number of rotatable bonds is 8. The van der Waals surface area contributed by atoms with E-state index in [2.05, 4.69) is 9.98 Å². The molecule has 0 saturated heterocycles. The van der Waals surface area contributed by atoms with Gasteiger partial charge in [-0.25, -0.2) is 0 Å². The lowest BCUT2D eigenvalue weighted by molar-refractivity contribution is -0.385. The maximum atomic E-state index is 10.8. The van der Waals surface area contributed by atoms with Crippen molar-refractivity contribution in [1.82, 2.24) is 0 Å². The quantitative estimate of drug-likeness (QED) is 0.0789. The molecule has 4 aromatic rings. The molecule has 0 radical (unpaired) electrons. The van der Waals surface area contributed by atoms with Gasteiger partial charge in [0.1, 0.15) is 11.5 Å². The highest BCUT2D eigenvalue weighted by Gasteiger charge is 2.15. The molecule has 4 rings (SSSR count). The van der Waals surface area contributed by atoms with Gasteiger partial charge in [-0.05, 0) is 57.3 Å². The highest BCUT2D eigenvalue weighted by molar-refractivity contribution is 14.1. The van der Waals surface area contributed by atoms with E-state index in [1.165, 1.54) is 73.1 Å². The molecule has 44 heavy (non-hydrogen) atoms. The first-order chi connectivity index (χ1) is 20.8. The van der Waals surface area contributed by atoms with Gasteiger partial charge in [-0.3, -0.25) is 50.4 Å². The zero-order valence-electron chi connectivity index (χ0n) is 21.7. The van der Waals surface area contributed by atoms with E-state index < -0.39 is 19.7 Å². The molecule has 0 amide bonds. The van der Waals surface area contributed by atoms with Crippen molar-refractivity contribution in [3.05, 3.63) is 132 Å². The number of nitro groups is 4. The van der Waals surface area contributed by atoms with Crippen LogP contribution in [-0.4, -0.2) is 42.3 Å². The molecule has 0 aliphatic heterocycles. The molecule has 2 N–H and O–H groups in total. The van der Waals surface area contributed by atoms with Crippen LogP contribution in [0.5, 0.6) is 11.5 Å². The summed E-state index contributed by atoms with van der Waals surface area (Å²) in [5.41, 5.74) is 0.325. The average Bonchev–Trinajstić information content (AvgIpc) is 2.98. The minimum Gasteiger partial charge on any atom is -0.506 e. The predicted molar refractivity (Wildman–Crippen MR) is 176 cm³/mol. The molecule has 0 spiro atoms. The lowest BCUT2D eigenvalue weighted by Gasteiger charge is -2.02. The molecule has 224 valence electrons. The fraction of sp³-hybridized carbons (Fsp3) is 0. The van der Waals surface area contributed by atoms with Crippen LogP contribution in [0.2, 0.25) is 0 Å². The summed E-state index contributed by atoms with van der Waals surface area (Å²) in [6.07, 6.45) is 2.45. The second kappa shape index (κ2) is 14.9. The number of hydrogen-bond donors (Lipinski definition) is 2. The normalized spacial score (nSPS) is 10.8. The lowest BCUT2D eigenvalue weighted by atomic mass is 10.2. The molecule has 0 atom stereocenters. The van der Waals surface area contributed by atoms with Gasteiger partial charge in [0, 0.05) is 72.1 Å². The molecule has 0 aliphatic carbocycles. The maximum absolute atomic E-state index is 10.8. The summed E-state index contributed by atoms with van der Waals surface area (Å²) in [6.45, 7) is 0. The third-order valence-electron chi connectivity index (χ3n) is 5.36. The van der Waals surface area contributed by atoms with Crippen LogP contribution < -0.4 is 0 Å². The molecular formula is C26H16I2N6O10. The Labute approximate surface area is 273 Å². The number of aliphatic imine (C=N–C) groups is 2. The number of aromatic hydroxyl groups is 2. The first-order valence-electron chi connectivity index (χ1n) is 11.7. The van der Waals surface area contributed by atoms with Gasteiger partial charge < -0.3 is 10.2 Å². The Kier molecular flexibility index (Phi) is 11.3. The van der Waals surface area contributed by atoms with Gasteiger partial charge in [-0.15, -0.1) is 0 Å². The zero-order chi connectivity index (χ0) is 32.6. The molecule has 0 saturated carbocycles. The number of hydrogen-bond acceptors (Lipinski definition) is 12. The number of phenols is 2. The smallest absolute Gasteiger partial charge is 0.271 e. The average molecular weight is 826 g/mol. The van der Waals surface area contributed by atoms with Gasteiger partial charge in [0.25, 0.3) is 22.7 Å². The fourth-order valence-corrected chi connectivity index (χ4v) is 4.54. The summed E-state index contributed by atoms with van der Waals surface area (Å²) in [4.78, 5) is 48.8. The van der Waals surface area contributed by atoms with Crippen LogP contribution in [0.25, 0.3) is 0 Å². The Morgan fingerprint density at radius 2 is 0.886 bits per heavy atom. The van der Waals surface area contributed by atoms with Crippen molar-refractivity contribution in [3.8, 4) is 11.5 Å². The first-order valence-corrected chi connectivity index (χ1v) is 13.8. The van der Waals surface area contributed by atoms with Crippen molar-refractivity contribution in [3.63, 3.8) is 0 Å². The molecule has 16 nitrogen and oxygen atoms in total. The van der Waals surface area contributed by atoms with Gasteiger partial charge in [0.15, 0.2) is 0 Å². The number of nitro benzene ring substituents is 4. The Balaban J connectivity index is 0.000000240. The van der Waals surface area contributed by atoms with Gasteiger partial charge in [-0.1, -0.05) is 12.1 Å². The molecule has 0 aromatic heterocycles. The Bertz CT molecular complexity index is 1720. The standard InChI is InChI=1S/2C13H8IN3O5/c2*14-12-6-11(17(21)22)4-8(13(12)18)7-15-9-2-1-3-10(5-9)16(19)20/h2*1-7,18H. The van der Waals surface area contributed by atoms with Crippen molar-refractivity contribution in [1.29, 1.82) is 0 Å². The van der Waals surface area contributed by atoms with Gasteiger partial charge >= 0.3 is 0 Å². The van der Waals surface area contributed by atoms with E-state index in [4.69, 9.17) is 0 Å². The third kappa shape index (κ3) is 8.94. The number of nitrogens with zero attached hydrogens (tertiary/aromatic N) is 6. The summed E-state index contributed by atoms with van der Waals surface area (Å²) < 4.78 is 0.625. The molecule has 0 bridgehead atoms. The maximum Gasteiger partial charge on any atom is 0.271 e. The van der Waals surface area contributed by atoms with E-state index in [0.29, 0.717) is 18.5 Å². The molecule has 0 heterocycles. The van der Waals surface area contributed by atoms with Crippen LogP contribution >= 0.6 is 45.2 Å². The Morgan fingerprint density at radius 3 is 1.20 bits per heavy atom. The largest absolute Gasteiger partial charge is 0.506 e. The molecule has 0 aliphatic rings. The van der Waals surface area contributed by atoms with E-state index in [9.17, 15) is 50.7 Å². The second-order valence-corrected chi connectivity index (χ2v) is 10.6. The summed E-state index contributed by atoms with van der Waals surface area (Å²) in [7, 11) is 0. The van der Waals surface area contributed by atoms with E-state index in [-0.39, 0.29) is 45.4 Å². The number of benzene rings is 4. The van der Waals surface area contributed by atoms with Crippen molar-refractivity contribution in [2.75, 3.05) is 0 Å². The second-order valence-electron chi connectivity index (χ2n) is 8.32. The minimum absolute atomic E-state index is 0.118. The Morgan fingerprint density at radius 1 is 0.545 bits per heavy atom. The molecule has 0 unspecified atom stereocenters. The van der Waals surface area contributed by atoms with E-state index in [0.717, 1.165) is 0 Å². The van der Waals surface area contributed by atoms with Gasteiger partial charge in [0.2, 0.25) is 0 Å². The third-order valence-corrected chi connectivity index (χ3v) is 7.01. The summed E-state index contributed by atoms with van der Waals surface area (Å²) in [5.74, 6) is -0.277. The fourth-order valence-electron chi connectivity index (χ4n) is 3.28. The SMILES string of the molecule is O=[N+]([O-])c1cccc(N=Cc2cc([N+](=O)[O-])cc(I)c2O)c1.O=[N+]([O-])c1cccc(N=Cc2cc([N+](=O)[O-])cc(I)c2O)c1. The number of phenolic OH excluding ortho intramolecular Hbond substituents is 2. The van der Waals surface area contributed by atoms with Crippen molar-refractivity contribution in [2.45, 2.75) is 0 Å². The van der Waals surface area contributed by atoms with Crippen molar-refractivity contribution in [2.24, 2.45) is 9.98 Å². The molecule has 0 fully saturated rings. The Hall–Kier alpha value is -5.12. The van der Waals surface area contributed by atoms with Crippen LogP contribution in [0.15, 0.2) is 82.8 Å². The first kappa shape index (κ1) is 33.4. The summed E-state index contributed by atoms with van der Waals surface area (Å²) >= 11 is 3.54.